The number of nitriles is 1. The Bertz CT molecular complexity index is 587. The fourth-order valence-electron chi connectivity index (χ4n) is 1.87. The summed E-state index contributed by atoms with van der Waals surface area (Å²) in [7, 11) is 0. The number of hydrogen-bond donors (Lipinski definition) is 1. The molecule has 0 spiro atoms. The lowest BCUT2D eigenvalue weighted by Gasteiger charge is -2.08. The summed E-state index contributed by atoms with van der Waals surface area (Å²) in [6.07, 6.45) is 0.839. The van der Waals surface area contributed by atoms with Crippen LogP contribution in [0.4, 0.5) is 0 Å². The van der Waals surface area contributed by atoms with Crippen LogP contribution in [-0.4, -0.2) is 6.54 Å². The number of rotatable bonds is 5. The highest BCUT2D eigenvalue weighted by Gasteiger charge is 2.02. The summed E-state index contributed by atoms with van der Waals surface area (Å²) in [5, 5.41) is 9.01. The molecular formula is C16H16N2O. The quantitative estimate of drug-likeness (QED) is 0.890. The van der Waals surface area contributed by atoms with Gasteiger partial charge in [0, 0.05) is 5.56 Å². The number of nitrogens with two attached hydrogens (primary N) is 1. The van der Waals surface area contributed by atoms with Gasteiger partial charge in [0.15, 0.2) is 0 Å². The highest BCUT2D eigenvalue weighted by atomic mass is 16.5. The van der Waals surface area contributed by atoms with E-state index in [-0.39, 0.29) is 0 Å². The van der Waals surface area contributed by atoms with Gasteiger partial charge in [-0.2, -0.15) is 5.26 Å². The predicted octanol–water partition coefficient (Wildman–Crippen LogP) is 2.64. The predicted molar refractivity (Wildman–Crippen MR) is 74.7 cm³/mol. The van der Waals surface area contributed by atoms with Gasteiger partial charge in [0.25, 0.3) is 0 Å². The van der Waals surface area contributed by atoms with Gasteiger partial charge in [0.2, 0.25) is 0 Å². The molecule has 0 bridgehead atoms. The molecule has 2 N–H and O–H groups in total. The Labute approximate surface area is 113 Å². The van der Waals surface area contributed by atoms with E-state index in [9.17, 15) is 0 Å². The molecule has 0 unspecified atom stereocenters. The van der Waals surface area contributed by atoms with Gasteiger partial charge >= 0.3 is 0 Å². The lowest BCUT2D eigenvalue weighted by molar-refractivity contribution is 0.305. The van der Waals surface area contributed by atoms with Gasteiger partial charge in [-0.15, -0.1) is 0 Å². The van der Waals surface area contributed by atoms with E-state index in [1.165, 1.54) is 0 Å². The SMILES string of the molecule is N#Cc1ccccc1COc1cccc(CCN)c1. The molecule has 0 saturated heterocycles. The Morgan fingerprint density at radius 2 is 1.95 bits per heavy atom. The molecule has 2 aromatic rings. The first-order valence-electron chi connectivity index (χ1n) is 6.23. The second-order valence-electron chi connectivity index (χ2n) is 4.24. The summed E-state index contributed by atoms with van der Waals surface area (Å²) in [4.78, 5) is 0. The Kier molecular flexibility index (Phi) is 4.54. The fourth-order valence-corrected chi connectivity index (χ4v) is 1.87. The monoisotopic (exact) mass is 252 g/mol. The molecule has 2 rings (SSSR count). The van der Waals surface area contributed by atoms with E-state index < -0.39 is 0 Å². The molecule has 0 fully saturated rings. The first-order valence-corrected chi connectivity index (χ1v) is 6.23. The fraction of sp³-hybridized carbons (Fsp3) is 0.188. The van der Waals surface area contributed by atoms with Crippen LogP contribution in [0.15, 0.2) is 48.5 Å². The van der Waals surface area contributed by atoms with E-state index in [4.69, 9.17) is 15.7 Å². The highest BCUT2D eigenvalue weighted by molar-refractivity contribution is 5.37. The van der Waals surface area contributed by atoms with E-state index in [0.717, 1.165) is 23.3 Å². The van der Waals surface area contributed by atoms with Crippen molar-refractivity contribution in [1.82, 2.24) is 0 Å². The third-order valence-electron chi connectivity index (χ3n) is 2.86. The number of benzene rings is 2. The Hall–Kier alpha value is -2.31. The van der Waals surface area contributed by atoms with E-state index >= 15 is 0 Å². The minimum atomic E-state index is 0.399. The van der Waals surface area contributed by atoms with E-state index in [1.54, 1.807) is 6.07 Å². The first-order chi connectivity index (χ1) is 9.33. The molecular weight excluding hydrogens is 236 g/mol. The molecule has 0 aliphatic rings. The van der Waals surface area contributed by atoms with E-state index in [1.807, 2.05) is 42.5 Å². The van der Waals surface area contributed by atoms with Crippen LogP contribution < -0.4 is 10.5 Å². The van der Waals surface area contributed by atoms with Crippen molar-refractivity contribution in [2.24, 2.45) is 5.73 Å². The van der Waals surface area contributed by atoms with Crippen molar-refractivity contribution < 1.29 is 4.74 Å². The van der Waals surface area contributed by atoms with Crippen molar-refractivity contribution in [3.63, 3.8) is 0 Å². The van der Waals surface area contributed by atoms with Crippen LogP contribution in [-0.2, 0) is 13.0 Å². The second-order valence-corrected chi connectivity index (χ2v) is 4.24. The van der Waals surface area contributed by atoms with Crippen molar-refractivity contribution in [2.45, 2.75) is 13.0 Å². The van der Waals surface area contributed by atoms with Crippen LogP contribution in [0.5, 0.6) is 5.75 Å². The van der Waals surface area contributed by atoms with E-state index in [0.29, 0.717) is 18.7 Å². The molecule has 19 heavy (non-hydrogen) atoms. The van der Waals surface area contributed by atoms with Gasteiger partial charge in [-0.3, -0.25) is 0 Å². The lowest BCUT2D eigenvalue weighted by atomic mass is 10.1. The second kappa shape index (κ2) is 6.58. The molecule has 0 aliphatic carbocycles. The molecule has 0 radical (unpaired) electrons. The summed E-state index contributed by atoms with van der Waals surface area (Å²) >= 11 is 0. The average Bonchev–Trinajstić information content (AvgIpc) is 2.46. The maximum absolute atomic E-state index is 9.01. The molecule has 0 heterocycles. The zero-order valence-electron chi connectivity index (χ0n) is 10.7. The molecule has 0 aromatic heterocycles. The number of ether oxygens (including phenoxy) is 1. The standard InChI is InChI=1S/C16H16N2O/c17-9-8-13-4-3-7-16(10-13)19-12-15-6-2-1-5-14(15)11-18/h1-7,10H,8-9,12,17H2. The summed E-state index contributed by atoms with van der Waals surface area (Å²) in [6, 6.07) is 17.5. The summed E-state index contributed by atoms with van der Waals surface area (Å²) < 4.78 is 5.73. The van der Waals surface area contributed by atoms with Crippen molar-refractivity contribution in [2.75, 3.05) is 6.54 Å². The lowest BCUT2D eigenvalue weighted by Crippen LogP contribution is -2.03. The van der Waals surface area contributed by atoms with Crippen molar-refractivity contribution in [3.8, 4) is 11.8 Å². The van der Waals surface area contributed by atoms with Crippen LogP contribution in [0.1, 0.15) is 16.7 Å². The third-order valence-corrected chi connectivity index (χ3v) is 2.86. The molecule has 3 heteroatoms. The summed E-state index contributed by atoms with van der Waals surface area (Å²) in [5.41, 5.74) is 8.25. The topological polar surface area (TPSA) is 59.0 Å². The maximum atomic E-state index is 9.01. The largest absolute Gasteiger partial charge is 0.489 e. The van der Waals surface area contributed by atoms with Crippen molar-refractivity contribution >= 4 is 0 Å². The Morgan fingerprint density at radius 1 is 1.11 bits per heavy atom. The first kappa shape index (κ1) is 13.1. The van der Waals surface area contributed by atoms with Gasteiger partial charge in [-0.05, 0) is 36.7 Å². The van der Waals surface area contributed by atoms with Gasteiger partial charge in [0.1, 0.15) is 12.4 Å². The smallest absolute Gasteiger partial charge is 0.120 e. The molecule has 96 valence electrons. The van der Waals surface area contributed by atoms with Gasteiger partial charge < -0.3 is 10.5 Å². The van der Waals surface area contributed by atoms with Crippen LogP contribution in [0.25, 0.3) is 0 Å². The Morgan fingerprint density at radius 3 is 2.74 bits per heavy atom. The summed E-state index contributed by atoms with van der Waals surface area (Å²) in [6.45, 7) is 1.02. The van der Waals surface area contributed by atoms with Crippen LogP contribution in [0.2, 0.25) is 0 Å². The third kappa shape index (κ3) is 3.57. The van der Waals surface area contributed by atoms with Gasteiger partial charge in [0.05, 0.1) is 11.6 Å². The van der Waals surface area contributed by atoms with Crippen molar-refractivity contribution in [1.29, 1.82) is 5.26 Å². The summed E-state index contributed by atoms with van der Waals surface area (Å²) in [5.74, 6) is 0.804. The van der Waals surface area contributed by atoms with Crippen LogP contribution in [0.3, 0.4) is 0 Å². The number of nitrogens with zero attached hydrogens (tertiary/aromatic N) is 1. The molecule has 2 aromatic carbocycles. The molecule has 0 amide bonds. The van der Waals surface area contributed by atoms with Crippen molar-refractivity contribution in [3.05, 3.63) is 65.2 Å². The number of hydrogen-bond acceptors (Lipinski definition) is 3. The van der Waals surface area contributed by atoms with Gasteiger partial charge in [-0.25, -0.2) is 0 Å². The normalized spacial score (nSPS) is 9.89. The minimum Gasteiger partial charge on any atom is -0.489 e. The molecule has 3 nitrogen and oxygen atoms in total. The Balaban J connectivity index is 2.06. The molecule has 0 aliphatic heterocycles. The minimum absolute atomic E-state index is 0.399. The van der Waals surface area contributed by atoms with Gasteiger partial charge in [-0.1, -0.05) is 30.3 Å². The molecule has 0 atom stereocenters. The maximum Gasteiger partial charge on any atom is 0.120 e. The van der Waals surface area contributed by atoms with Crippen LogP contribution >= 0.6 is 0 Å². The zero-order valence-corrected chi connectivity index (χ0v) is 10.7. The highest BCUT2D eigenvalue weighted by Crippen LogP contribution is 2.16. The van der Waals surface area contributed by atoms with E-state index in [2.05, 4.69) is 6.07 Å². The average molecular weight is 252 g/mol. The zero-order chi connectivity index (χ0) is 13.5. The molecule has 0 saturated carbocycles. The van der Waals surface area contributed by atoms with Crippen LogP contribution in [0, 0.1) is 11.3 Å².